The lowest BCUT2D eigenvalue weighted by atomic mass is 10.2. The molecule has 0 unspecified atom stereocenters. The zero-order valence-electron chi connectivity index (χ0n) is 10.3. The number of carboxylic acid groups (broad SMARTS) is 1. The van der Waals surface area contributed by atoms with E-state index in [-0.39, 0.29) is 21.2 Å². The van der Waals surface area contributed by atoms with Gasteiger partial charge in [-0.25, -0.2) is 4.79 Å². The van der Waals surface area contributed by atoms with E-state index < -0.39 is 11.9 Å². The number of hydrogen-bond donors (Lipinski definition) is 3. The van der Waals surface area contributed by atoms with Crippen molar-refractivity contribution in [3.63, 3.8) is 0 Å². The van der Waals surface area contributed by atoms with Crippen LogP contribution in [-0.4, -0.2) is 22.1 Å². The van der Waals surface area contributed by atoms with Crippen LogP contribution in [0.5, 0.6) is 5.75 Å². The fourth-order valence-corrected chi connectivity index (χ4v) is 2.73. The highest BCUT2D eigenvalue weighted by Gasteiger charge is 2.16. The van der Waals surface area contributed by atoms with Gasteiger partial charge in [-0.05, 0) is 36.8 Å². The molecular formula is C13H10ClNO4S. The molecule has 3 N–H and O–H groups in total. The van der Waals surface area contributed by atoms with E-state index in [1.165, 1.54) is 18.2 Å². The lowest BCUT2D eigenvalue weighted by Crippen LogP contribution is -2.11. The Balaban J connectivity index is 2.26. The number of hydrogen-bond acceptors (Lipinski definition) is 4. The van der Waals surface area contributed by atoms with Gasteiger partial charge in [0.25, 0.3) is 5.91 Å². The van der Waals surface area contributed by atoms with Crippen LogP contribution >= 0.6 is 22.9 Å². The summed E-state index contributed by atoms with van der Waals surface area (Å²) >= 11 is 6.85. The smallest absolute Gasteiger partial charge is 0.346 e. The molecule has 2 rings (SSSR count). The summed E-state index contributed by atoms with van der Waals surface area (Å²) < 4.78 is 0. The summed E-state index contributed by atoms with van der Waals surface area (Å²) in [7, 11) is 0. The highest BCUT2D eigenvalue weighted by atomic mass is 35.5. The van der Waals surface area contributed by atoms with Crippen molar-refractivity contribution < 1.29 is 19.8 Å². The Kier molecular flexibility index (Phi) is 3.96. The SMILES string of the molecule is Cc1cc(NC(=O)c2cc(O)ccc2Cl)sc1C(=O)O. The predicted molar refractivity (Wildman–Crippen MR) is 77.1 cm³/mol. The maximum atomic E-state index is 12.0. The van der Waals surface area contributed by atoms with Crippen molar-refractivity contribution in [2.75, 3.05) is 5.32 Å². The number of halogens is 1. The number of carbonyl (C=O) groups excluding carboxylic acids is 1. The van der Waals surface area contributed by atoms with Crippen LogP contribution in [0.4, 0.5) is 5.00 Å². The van der Waals surface area contributed by atoms with Gasteiger partial charge < -0.3 is 15.5 Å². The van der Waals surface area contributed by atoms with Gasteiger partial charge in [-0.2, -0.15) is 0 Å². The molecule has 7 heteroatoms. The molecule has 0 atom stereocenters. The summed E-state index contributed by atoms with van der Waals surface area (Å²) in [4.78, 5) is 23.1. The van der Waals surface area contributed by atoms with Crippen LogP contribution in [0.1, 0.15) is 25.6 Å². The van der Waals surface area contributed by atoms with Crippen molar-refractivity contribution in [1.29, 1.82) is 0 Å². The molecule has 1 heterocycles. The molecule has 20 heavy (non-hydrogen) atoms. The van der Waals surface area contributed by atoms with Gasteiger partial charge in [-0.15, -0.1) is 11.3 Å². The number of carbonyl (C=O) groups is 2. The van der Waals surface area contributed by atoms with Gasteiger partial charge in [0.2, 0.25) is 0 Å². The number of amides is 1. The van der Waals surface area contributed by atoms with E-state index in [1.807, 2.05) is 0 Å². The molecule has 0 aliphatic rings. The number of aryl methyl sites for hydroxylation is 1. The number of phenols is 1. The number of benzene rings is 1. The number of carboxylic acids is 1. The predicted octanol–water partition coefficient (Wildman–Crippen LogP) is 3.37. The van der Waals surface area contributed by atoms with Crippen LogP contribution in [0.3, 0.4) is 0 Å². The molecule has 0 bridgehead atoms. The molecule has 0 aliphatic carbocycles. The Morgan fingerprint density at radius 2 is 2.00 bits per heavy atom. The van der Waals surface area contributed by atoms with Crippen LogP contribution in [0.25, 0.3) is 0 Å². The van der Waals surface area contributed by atoms with Crippen LogP contribution in [0, 0.1) is 6.92 Å². The molecule has 2 aromatic rings. The average molecular weight is 312 g/mol. The summed E-state index contributed by atoms with van der Waals surface area (Å²) in [6, 6.07) is 5.60. The number of rotatable bonds is 3. The second kappa shape index (κ2) is 5.52. The largest absolute Gasteiger partial charge is 0.508 e. The zero-order valence-corrected chi connectivity index (χ0v) is 11.9. The molecule has 5 nitrogen and oxygen atoms in total. The van der Waals surface area contributed by atoms with Gasteiger partial charge >= 0.3 is 5.97 Å². The molecule has 0 spiro atoms. The number of thiophene rings is 1. The molecular weight excluding hydrogens is 302 g/mol. The summed E-state index contributed by atoms with van der Waals surface area (Å²) in [6.45, 7) is 1.65. The maximum absolute atomic E-state index is 12.0. The molecule has 0 aliphatic heterocycles. The standard InChI is InChI=1S/C13H10ClNO4S/c1-6-4-10(20-11(6)13(18)19)15-12(17)8-5-7(16)2-3-9(8)14/h2-5,16H,1H3,(H,15,17)(H,18,19). The Morgan fingerprint density at radius 3 is 2.60 bits per heavy atom. The van der Waals surface area contributed by atoms with Gasteiger partial charge in [0.15, 0.2) is 0 Å². The quantitative estimate of drug-likeness (QED) is 0.811. The molecule has 0 radical (unpaired) electrons. The van der Waals surface area contributed by atoms with Crippen molar-refractivity contribution >= 4 is 39.8 Å². The van der Waals surface area contributed by atoms with Crippen LogP contribution in [0.15, 0.2) is 24.3 Å². The molecule has 104 valence electrons. The number of aromatic carboxylic acids is 1. The zero-order chi connectivity index (χ0) is 14.9. The third-order valence-corrected chi connectivity index (χ3v) is 4.01. The van der Waals surface area contributed by atoms with Crippen molar-refractivity contribution in [3.8, 4) is 5.75 Å². The van der Waals surface area contributed by atoms with Crippen molar-refractivity contribution in [3.05, 3.63) is 45.3 Å². The van der Waals surface area contributed by atoms with Gasteiger partial charge in [0.1, 0.15) is 10.6 Å². The van der Waals surface area contributed by atoms with E-state index in [0.717, 1.165) is 11.3 Å². The van der Waals surface area contributed by atoms with E-state index in [0.29, 0.717) is 10.6 Å². The second-order valence-corrected chi connectivity index (χ2v) is 5.51. The van der Waals surface area contributed by atoms with Crippen molar-refractivity contribution in [2.24, 2.45) is 0 Å². The lowest BCUT2D eigenvalue weighted by molar-refractivity contribution is 0.0701. The highest BCUT2D eigenvalue weighted by molar-refractivity contribution is 7.18. The van der Waals surface area contributed by atoms with Crippen LogP contribution < -0.4 is 5.32 Å². The Morgan fingerprint density at radius 1 is 1.30 bits per heavy atom. The minimum absolute atomic E-state index is 0.0758. The third-order valence-electron chi connectivity index (χ3n) is 2.54. The van der Waals surface area contributed by atoms with Crippen molar-refractivity contribution in [2.45, 2.75) is 6.92 Å². The summed E-state index contributed by atoms with van der Waals surface area (Å²) in [5.74, 6) is -1.62. The number of nitrogens with one attached hydrogen (secondary N) is 1. The Labute approximate surface area is 123 Å². The van der Waals surface area contributed by atoms with Crippen LogP contribution in [-0.2, 0) is 0 Å². The average Bonchev–Trinajstić information content (AvgIpc) is 2.73. The minimum Gasteiger partial charge on any atom is -0.508 e. The number of phenolic OH excluding ortho intramolecular Hbond substituents is 1. The molecule has 1 aromatic carbocycles. The number of aromatic hydroxyl groups is 1. The fraction of sp³-hybridized carbons (Fsp3) is 0.0769. The van der Waals surface area contributed by atoms with Crippen molar-refractivity contribution in [1.82, 2.24) is 0 Å². The molecule has 0 saturated carbocycles. The molecule has 0 saturated heterocycles. The van der Waals surface area contributed by atoms with Crippen LogP contribution in [0.2, 0.25) is 5.02 Å². The number of anilines is 1. The van der Waals surface area contributed by atoms with Gasteiger partial charge in [-0.1, -0.05) is 11.6 Å². The highest BCUT2D eigenvalue weighted by Crippen LogP contribution is 2.28. The summed E-state index contributed by atoms with van der Waals surface area (Å²) in [6.07, 6.45) is 0. The second-order valence-electron chi connectivity index (χ2n) is 4.05. The van der Waals surface area contributed by atoms with Gasteiger partial charge in [-0.3, -0.25) is 4.79 Å². The Bertz CT molecular complexity index is 696. The molecule has 1 amide bonds. The van der Waals surface area contributed by atoms with Gasteiger partial charge in [0, 0.05) is 0 Å². The van der Waals surface area contributed by atoms with E-state index in [2.05, 4.69) is 5.32 Å². The summed E-state index contributed by atoms with van der Waals surface area (Å²) in [5.41, 5.74) is 0.689. The Hall–Kier alpha value is -2.05. The van der Waals surface area contributed by atoms with E-state index >= 15 is 0 Å². The monoisotopic (exact) mass is 311 g/mol. The molecule has 1 aromatic heterocycles. The third kappa shape index (κ3) is 2.92. The van der Waals surface area contributed by atoms with E-state index in [1.54, 1.807) is 13.0 Å². The van der Waals surface area contributed by atoms with E-state index in [9.17, 15) is 14.7 Å². The normalized spacial score (nSPS) is 10.3. The topological polar surface area (TPSA) is 86.6 Å². The minimum atomic E-state index is -1.04. The first kappa shape index (κ1) is 14.4. The van der Waals surface area contributed by atoms with E-state index in [4.69, 9.17) is 16.7 Å². The first-order chi connectivity index (χ1) is 9.38. The van der Waals surface area contributed by atoms with Gasteiger partial charge in [0.05, 0.1) is 15.6 Å². The first-order valence-corrected chi connectivity index (χ1v) is 6.71. The maximum Gasteiger partial charge on any atom is 0.346 e. The summed E-state index contributed by atoms with van der Waals surface area (Å²) in [5, 5.41) is 21.5. The lowest BCUT2D eigenvalue weighted by Gasteiger charge is -2.05. The molecule has 0 fully saturated rings. The fourth-order valence-electron chi connectivity index (χ4n) is 1.62. The first-order valence-electron chi connectivity index (χ1n) is 5.52.